The molecule has 6 heteroatoms. The van der Waals surface area contributed by atoms with Crippen molar-refractivity contribution in [3.8, 4) is 0 Å². The van der Waals surface area contributed by atoms with E-state index in [0.717, 1.165) is 42.9 Å². The molecule has 1 atom stereocenters. The molecule has 1 aliphatic rings. The van der Waals surface area contributed by atoms with E-state index in [1.54, 1.807) is 6.20 Å². The Morgan fingerprint density at radius 2 is 2.33 bits per heavy atom. The second-order valence-electron chi connectivity index (χ2n) is 5.63. The Hall–Kier alpha value is -2.11. The van der Waals surface area contributed by atoms with Crippen LogP contribution < -0.4 is 0 Å². The lowest BCUT2D eigenvalue weighted by Crippen LogP contribution is -2.41. The van der Waals surface area contributed by atoms with E-state index in [1.807, 2.05) is 31.3 Å². The Labute approximate surface area is 123 Å². The number of carbonyl (C=O) groups excluding carboxylic acids is 1. The summed E-state index contributed by atoms with van der Waals surface area (Å²) >= 11 is 0. The van der Waals surface area contributed by atoms with Crippen LogP contribution in [0.3, 0.4) is 0 Å². The summed E-state index contributed by atoms with van der Waals surface area (Å²) in [6.45, 7) is 5.31. The normalized spacial score (nSPS) is 19.0. The molecule has 2 aromatic heterocycles. The summed E-state index contributed by atoms with van der Waals surface area (Å²) < 4.78 is 7.22. The molecule has 0 spiro atoms. The SMILES string of the molecule is Cc1noc(C)c1CC(=O)N1CCC[C@H](n2ccnc2)C1. The van der Waals surface area contributed by atoms with E-state index >= 15 is 0 Å². The number of piperidine rings is 1. The van der Waals surface area contributed by atoms with E-state index in [1.165, 1.54) is 0 Å². The van der Waals surface area contributed by atoms with Crippen molar-refractivity contribution in [3.63, 3.8) is 0 Å². The zero-order valence-electron chi connectivity index (χ0n) is 12.5. The van der Waals surface area contributed by atoms with E-state index in [9.17, 15) is 4.79 Å². The molecular weight excluding hydrogens is 268 g/mol. The van der Waals surface area contributed by atoms with Crippen LogP contribution in [0, 0.1) is 13.8 Å². The first-order valence-corrected chi connectivity index (χ1v) is 7.32. The van der Waals surface area contributed by atoms with Crippen LogP contribution in [0.2, 0.25) is 0 Å². The summed E-state index contributed by atoms with van der Waals surface area (Å²) in [6, 6.07) is 0.329. The number of amides is 1. The molecule has 3 heterocycles. The predicted octanol–water partition coefficient (Wildman–Crippen LogP) is 1.89. The molecule has 1 fully saturated rings. The van der Waals surface area contributed by atoms with Crippen molar-refractivity contribution >= 4 is 5.91 Å². The highest BCUT2D eigenvalue weighted by molar-refractivity contribution is 5.79. The first kappa shape index (κ1) is 13.9. The molecule has 3 rings (SSSR count). The van der Waals surface area contributed by atoms with Gasteiger partial charge in [0, 0.05) is 31.0 Å². The van der Waals surface area contributed by atoms with Crippen molar-refractivity contribution in [2.45, 2.75) is 39.2 Å². The number of carbonyl (C=O) groups is 1. The lowest BCUT2D eigenvalue weighted by Gasteiger charge is -2.33. The average molecular weight is 288 g/mol. The van der Waals surface area contributed by atoms with Crippen LogP contribution in [-0.2, 0) is 11.2 Å². The molecule has 1 aliphatic heterocycles. The monoisotopic (exact) mass is 288 g/mol. The minimum absolute atomic E-state index is 0.147. The van der Waals surface area contributed by atoms with Gasteiger partial charge in [0.2, 0.25) is 5.91 Å². The number of rotatable bonds is 3. The quantitative estimate of drug-likeness (QED) is 0.865. The van der Waals surface area contributed by atoms with Crippen LogP contribution in [0.1, 0.15) is 35.9 Å². The highest BCUT2D eigenvalue weighted by atomic mass is 16.5. The molecule has 0 aromatic carbocycles. The van der Waals surface area contributed by atoms with E-state index in [2.05, 4.69) is 14.7 Å². The van der Waals surface area contributed by atoms with Gasteiger partial charge < -0.3 is 14.0 Å². The molecule has 2 aromatic rings. The highest BCUT2D eigenvalue weighted by Gasteiger charge is 2.25. The maximum atomic E-state index is 12.5. The molecule has 1 amide bonds. The smallest absolute Gasteiger partial charge is 0.227 e. The van der Waals surface area contributed by atoms with Gasteiger partial charge in [-0.1, -0.05) is 5.16 Å². The number of aromatic nitrogens is 3. The lowest BCUT2D eigenvalue weighted by molar-refractivity contribution is -0.132. The van der Waals surface area contributed by atoms with E-state index < -0.39 is 0 Å². The third kappa shape index (κ3) is 2.84. The summed E-state index contributed by atoms with van der Waals surface area (Å²) in [5, 5.41) is 3.91. The lowest BCUT2D eigenvalue weighted by atomic mass is 10.0. The van der Waals surface area contributed by atoms with Crippen molar-refractivity contribution < 1.29 is 9.32 Å². The first-order chi connectivity index (χ1) is 10.1. The number of nitrogens with zero attached hydrogens (tertiary/aromatic N) is 4. The van der Waals surface area contributed by atoms with Gasteiger partial charge in [0.05, 0.1) is 24.5 Å². The number of aryl methyl sites for hydroxylation is 2. The standard InChI is InChI=1S/C15H20N4O2/c1-11-14(12(2)21-17-11)8-15(20)18-6-3-4-13(9-18)19-7-5-16-10-19/h5,7,10,13H,3-4,6,8-9H2,1-2H3/t13-/m0/s1. The Morgan fingerprint density at radius 3 is 3.00 bits per heavy atom. The summed E-state index contributed by atoms with van der Waals surface area (Å²) in [5.41, 5.74) is 1.73. The topological polar surface area (TPSA) is 64.2 Å². The van der Waals surface area contributed by atoms with Crippen LogP contribution in [0.15, 0.2) is 23.2 Å². The fraction of sp³-hybridized carbons (Fsp3) is 0.533. The molecule has 0 unspecified atom stereocenters. The van der Waals surface area contributed by atoms with Crippen molar-refractivity contribution in [2.75, 3.05) is 13.1 Å². The molecule has 0 aliphatic carbocycles. The third-order valence-electron chi connectivity index (χ3n) is 4.20. The van der Waals surface area contributed by atoms with Gasteiger partial charge in [-0.05, 0) is 26.7 Å². The number of hydrogen-bond donors (Lipinski definition) is 0. The predicted molar refractivity (Wildman–Crippen MR) is 76.8 cm³/mol. The van der Waals surface area contributed by atoms with Crippen LogP contribution >= 0.6 is 0 Å². The molecule has 0 N–H and O–H groups in total. The van der Waals surface area contributed by atoms with Crippen molar-refractivity contribution in [3.05, 3.63) is 35.7 Å². The van der Waals surface area contributed by atoms with E-state index in [0.29, 0.717) is 12.5 Å². The molecule has 0 radical (unpaired) electrons. The summed E-state index contributed by atoms with van der Waals surface area (Å²) in [5.74, 6) is 0.887. The van der Waals surface area contributed by atoms with Crippen molar-refractivity contribution in [1.29, 1.82) is 0 Å². The Kier molecular flexibility index (Phi) is 3.77. The molecule has 1 saturated heterocycles. The third-order valence-corrected chi connectivity index (χ3v) is 4.20. The maximum Gasteiger partial charge on any atom is 0.227 e. The summed E-state index contributed by atoms with van der Waals surface area (Å²) in [7, 11) is 0. The second-order valence-corrected chi connectivity index (χ2v) is 5.63. The zero-order chi connectivity index (χ0) is 14.8. The van der Waals surface area contributed by atoms with Gasteiger partial charge >= 0.3 is 0 Å². The summed E-state index contributed by atoms with van der Waals surface area (Å²) in [4.78, 5) is 18.6. The van der Waals surface area contributed by atoms with Crippen LogP contribution in [-0.4, -0.2) is 38.6 Å². The van der Waals surface area contributed by atoms with E-state index in [4.69, 9.17) is 4.52 Å². The number of likely N-dealkylation sites (tertiary alicyclic amines) is 1. The fourth-order valence-corrected chi connectivity index (χ4v) is 2.93. The maximum absolute atomic E-state index is 12.5. The first-order valence-electron chi connectivity index (χ1n) is 7.32. The zero-order valence-corrected chi connectivity index (χ0v) is 12.5. The van der Waals surface area contributed by atoms with Crippen molar-refractivity contribution in [2.24, 2.45) is 0 Å². The van der Waals surface area contributed by atoms with Gasteiger partial charge in [0.25, 0.3) is 0 Å². The van der Waals surface area contributed by atoms with Crippen molar-refractivity contribution in [1.82, 2.24) is 19.6 Å². The van der Waals surface area contributed by atoms with Gasteiger partial charge in [0.15, 0.2) is 0 Å². The van der Waals surface area contributed by atoms with Gasteiger partial charge in [0.1, 0.15) is 5.76 Å². The summed E-state index contributed by atoms with van der Waals surface area (Å²) in [6.07, 6.45) is 8.06. The van der Waals surface area contributed by atoms with Gasteiger partial charge in [-0.15, -0.1) is 0 Å². The van der Waals surface area contributed by atoms with Crippen LogP contribution in [0.5, 0.6) is 0 Å². The second kappa shape index (κ2) is 5.71. The average Bonchev–Trinajstić information content (AvgIpc) is 3.13. The van der Waals surface area contributed by atoms with Gasteiger partial charge in [-0.25, -0.2) is 4.98 Å². The molecule has 6 nitrogen and oxygen atoms in total. The minimum Gasteiger partial charge on any atom is -0.361 e. The fourth-order valence-electron chi connectivity index (χ4n) is 2.93. The van der Waals surface area contributed by atoms with Crippen LogP contribution in [0.25, 0.3) is 0 Å². The number of hydrogen-bond acceptors (Lipinski definition) is 4. The molecular formula is C15H20N4O2. The largest absolute Gasteiger partial charge is 0.361 e. The molecule has 0 bridgehead atoms. The highest BCUT2D eigenvalue weighted by Crippen LogP contribution is 2.22. The van der Waals surface area contributed by atoms with Gasteiger partial charge in [-0.3, -0.25) is 4.79 Å². The Morgan fingerprint density at radius 1 is 1.48 bits per heavy atom. The minimum atomic E-state index is 0.147. The van der Waals surface area contributed by atoms with Gasteiger partial charge in [-0.2, -0.15) is 0 Å². The Balaban J connectivity index is 1.67. The molecule has 0 saturated carbocycles. The Bertz CT molecular complexity index is 598. The van der Waals surface area contributed by atoms with Crippen LogP contribution in [0.4, 0.5) is 0 Å². The molecule has 21 heavy (non-hydrogen) atoms. The number of imidazole rings is 1. The van der Waals surface area contributed by atoms with E-state index in [-0.39, 0.29) is 5.91 Å². The molecule has 112 valence electrons.